The van der Waals surface area contributed by atoms with Crippen LogP contribution in [-0.2, 0) is 9.59 Å². The van der Waals surface area contributed by atoms with Gasteiger partial charge >= 0.3 is 17.8 Å². The number of hydrogen-bond donors (Lipinski definition) is 2. The molecule has 10 heteroatoms. The number of halogens is 2. The number of carbonyl (C=O) groups is 3. The zero-order valence-electron chi connectivity index (χ0n) is 18.6. The van der Waals surface area contributed by atoms with Gasteiger partial charge in [-0.15, -0.1) is 0 Å². The Bertz CT molecular complexity index is 1230. The summed E-state index contributed by atoms with van der Waals surface area (Å²) >= 11 is 11.9. The van der Waals surface area contributed by atoms with Crippen LogP contribution in [0.15, 0.2) is 71.8 Å². The van der Waals surface area contributed by atoms with Crippen LogP contribution in [0.5, 0.6) is 11.5 Å². The van der Waals surface area contributed by atoms with E-state index in [1.807, 2.05) is 6.92 Å². The summed E-state index contributed by atoms with van der Waals surface area (Å²) in [6.07, 6.45) is 2.23. The molecule has 0 saturated heterocycles. The van der Waals surface area contributed by atoms with Gasteiger partial charge in [-0.3, -0.25) is 9.59 Å². The fourth-order valence-electron chi connectivity index (χ4n) is 2.69. The number of amides is 2. The van der Waals surface area contributed by atoms with Crippen LogP contribution < -0.4 is 20.2 Å². The molecule has 35 heavy (non-hydrogen) atoms. The van der Waals surface area contributed by atoms with Gasteiger partial charge in [0.2, 0.25) is 0 Å². The van der Waals surface area contributed by atoms with Crippen molar-refractivity contribution >= 4 is 52.9 Å². The zero-order chi connectivity index (χ0) is 25.2. The van der Waals surface area contributed by atoms with Gasteiger partial charge in [-0.1, -0.05) is 36.2 Å². The van der Waals surface area contributed by atoms with Crippen LogP contribution in [-0.4, -0.2) is 30.6 Å². The van der Waals surface area contributed by atoms with E-state index >= 15 is 0 Å². The lowest BCUT2D eigenvalue weighted by atomic mass is 10.2. The molecule has 8 nitrogen and oxygen atoms in total. The van der Waals surface area contributed by atoms with Crippen molar-refractivity contribution in [2.45, 2.75) is 13.3 Å². The van der Waals surface area contributed by atoms with Crippen LogP contribution in [0.2, 0.25) is 10.0 Å². The molecule has 0 radical (unpaired) electrons. The van der Waals surface area contributed by atoms with Crippen LogP contribution in [0.1, 0.15) is 29.3 Å². The molecule has 0 aliphatic rings. The summed E-state index contributed by atoms with van der Waals surface area (Å²) in [4.78, 5) is 36.2. The van der Waals surface area contributed by atoms with Gasteiger partial charge in [-0.25, -0.2) is 10.2 Å². The summed E-state index contributed by atoms with van der Waals surface area (Å²) in [6.45, 7) is 2.62. The third-order valence-electron chi connectivity index (χ3n) is 4.44. The van der Waals surface area contributed by atoms with E-state index in [1.165, 1.54) is 12.3 Å². The summed E-state index contributed by atoms with van der Waals surface area (Å²) in [6, 6.07) is 17.7. The molecule has 0 aliphatic carbocycles. The second-order valence-corrected chi connectivity index (χ2v) is 7.87. The Morgan fingerprint density at radius 2 is 1.60 bits per heavy atom. The van der Waals surface area contributed by atoms with Crippen molar-refractivity contribution < 1.29 is 23.9 Å². The number of hydrazone groups is 1. The SMILES string of the molecule is CCCOc1ccc(C(=O)Oc2ccc(C=NNC(=O)C(=O)Nc3cccc(Cl)c3Cl)cc2)cc1. The average Bonchev–Trinajstić information content (AvgIpc) is 2.86. The number of hydrogen-bond acceptors (Lipinski definition) is 6. The standard InChI is InChI=1S/C25H21Cl2N3O5/c1-2-14-34-18-12-8-17(9-13-18)25(33)35-19-10-6-16(7-11-19)15-28-30-24(32)23(31)29-21-5-3-4-20(26)22(21)27/h3-13,15H,2,14H2,1H3,(H,29,31)(H,30,32). The topological polar surface area (TPSA) is 106 Å². The first kappa shape index (κ1) is 25.7. The number of rotatable bonds is 8. The lowest BCUT2D eigenvalue weighted by Gasteiger charge is -2.07. The van der Waals surface area contributed by atoms with Crippen LogP contribution in [0.25, 0.3) is 0 Å². The lowest BCUT2D eigenvalue weighted by molar-refractivity contribution is -0.136. The molecule has 0 heterocycles. The Hall–Kier alpha value is -3.88. The number of nitrogens with zero attached hydrogens (tertiary/aromatic N) is 1. The first-order valence-electron chi connectivity index (χ1n) is 10.5. The smallest absolute Gasteiger partial charge is 0.343 e. The average molecular weight is 514 g/mol. The highest BCUT2D eigenvalue weighted by molar-refractivity contribution is 6.45. The molecule has 3 aromatic rings. The molecule has 0 spiro atoms. The fourth-order valence-corrected chi connectivity index (χ4v) is 3.04. The molecule has 0 atom stereocenters. The van der Waals surface area contributed by atoms with Gasteiger partial charge in [0, 0.05) is 0 Å². The largest absolute Gasteiger partial charge is 0.494 e. The van der Waals surface area contributed by atoms with Crippen molar-refractivity contribution in [3.63, 3.8) is 0 Å². The predicted molar refractivity (Wildman–Crippen MR) is 134 cm³/mol. The van der Waals surface area contributed by atoms with Gasteiger partial charge in [-0.2, -0.15) is 5.10 Å². The summed E-state index contributed by atoms with van der Waals surface area (Å²) < 4.78 is 10.9. The van der Waals surface area contributed by atoms with E-state index in [2.05, 4.69) is 15.8 Å². The van der Waals surface area contributed by atoms with Gasteiger partial charge in [0.25, 0.3) is 0 Å². The Kier molecular flexibility index (Phi) is 9.23. The minimum absolute atomic E-state index is 0.123. The van der Waals surface area contributed by atoms with Gasteiger partial charge in [-0.05, 0) is 72.6 Å². The Labute approximate surface area is 211 Å². The minimum Gasteiger partial charge on any atom is -0.494 e. The molecule has 0 aliphatic heterocycles. The molecule has 3 aromatic carbocycles. The van der Waals surface area contributed by atoms with Crippen LogP contribution >= 0.6 is 23.2 Å². The molecular formula is C25H21Cl2N3O5. The normalized spacial score (nSPS) is 10.6. The zero-order valence-corrected chi connectivity index (χ0v) is 20.1. The Morgan fingerprint density at radius 1 is 0.914 bits per heavy atom. The van der Waals surface area contributed by atoms with E-state index < -0.39 is 17.8 Å². The van der Waals surface area contributed by atoms with Crippen LogP contribution in [0, 0.1) is 0 Å². The number of ether oxygens (including phenoxy) is 2. The van der Waals surface area contributed by atoms with Gasteiger partial charge in [0.15, 0.2) is 0 Å². The molecule has 0 aromatic heterocycles. The summed E-state index contributed by atoms with van der Waals surface area (Å²) in [5, 5.41) is 6.47. The van der Waals surface area contributed by atoms with E-state index in [0.717, 1.165) is 6.42 Å². The first-order valence-corrected chi connectivity index (χ1v) is 11.3. The van der Waals surface area contributed by atoms with Crippen LogP contribution in [0.3, 0.4) is 0 Å². The second-order valence-electron chi connectivity index (χ2n) is 7.09. The fraction of sp³-hybridized carbons (Fsp3) is 0.120. The third kappa shape index (κ3) is 7.56. The number of esters is 1. The highest BCUT2D eigenvalue weighted by atomic mass is 35.5. The Morgan fingerprint density at radius 3 is 2.29 bits per heavy atom. The molecular weight excluding hydrogens is 493 g/mol. The quantitative estimate of drug-likeness (QED) is 0.143. The maximum Gasteiger partial charge on any atom is 0.343 e. The molecule has 2 N–H and O–H groups in total. The lowest BCUT2D eigenvalue weighted by Crippen LogP contribution is -2.32. The minimum atomic E-state index is -0.992. The maximum atomic E-state index is 12.3. The van der Waals surface area contributed by atoms with Gasteiger partial charge in [0.05, 0.1) is 34.1 Å². The van der Waals surface area contributed by atoms with E-state index in [-0.39, 0.29) is 15.7 Å². The van der Waals surface area contributed by atoms with Crippen molar-refractivity contribution in [2.75, 3.05) is 11.9 Å². The number of anilines is 1. The van der Waals surface area contributed by atoms with E-state index in [0.29, 0.717) is 29.2 Å². The summed E-state index contributed by atoms with van der Waals surface area (Å²) in [5.41, 5.74) is 3.31. The first-order chi connectivity index (χ1) is 16.9. The molecule has 2 amide bonds. The third-order valence-corrected chi connectivity index (χ3v) is 5.26. The summed E-state index contributed by atoms with van der Waals surface area (Å²) in [5.74, 6) is -1.44. The number of carbonyl (C=O) groups excluding carboxylic acids is 3. The van der Waals surface area contributed by atoms with E-state index in [9.17, 15) is 14.4 Å². The van der Waals surface area contributed by atoms with Gasteiger partial charge in [0.1, 0.15) is 11.5 Å². The molecule has 0 bridgehead atoms. The molecule has 0 unspecified atom stereocenters. The Balaban J connectivity index is 1.50. The van der Waals surface area contributed by atoms with E-state index in [1.54, 1.807) is 60.7 Å². The molecule has 180 valence electrons. The van der Waals surface area contributed by atoms with Gasteiger partial charge < -0.3 is 14.8 Å². The van der Waals surface area contributed by atoms with Crippen molar-refractivity contribution in [1.82, 2.24) is 5.43 Å². The number of benzene rings is 3. The van der Waals surface area contributed by atoms with Crippen molar-refractivity contribution in [3.05, 3.63) is 87.9 Å². The second kappa shape index (κ2) is 12.5. The monoisotopic (exact) mass is 513 g/mol. The molecule has 0 fully saturated rings. The van der Waals surface area contributed by atoms with Crippen molar-refractivity contribution in [2.24, 2.45) is 5.10 Å². The van der Waals surface area contributed by atoms with Crippen LogP contribution in [0.4, 0.5) is 5.69 Å². The van der Waals surface area contributed by atoms with Crippen molar-refractivity contribution in [1.29, 1.82) is 0 Å². The predicted octanol–water partition coefficient (Wildman–Crippen LogP) is 5.09. The maximum absolute atomic E-state index is 12.3. The highest BCUT2D eigenvalue weighted by Gasteiger charge is 2.15. The highest BCUT2D eigenvalue weighted by Crippen LogP contribution is 2.29. The molecule has 0 saturated carbocycles. The van der Waals surface area contributed by atoms with Crippen molar-refractivity contribution in [3.8, 4) is 11.5 Å². The van der Waals surface area contributed by atoms with E-state index in [4.69, 9.17) is 32.7 Å². The summed E-state index contributed by atoms with van der Waals surface area (Å²) in [7, 11) is 0. The molecule has 3 rings (SSSR count). The number of nitrogens with one attached hydrogen (secondary N) is 2.